The van der Waals surface area contributed by atoms with Crippen LogP contribution < -0.4 is 0 Å². The lowest BCUT2D eigenvalue weighted by Crippen LogP contribution is -1.90. The van der Waals surface area contributed by atoms with E-state index in [1.165, 1.54) is 6.08 Å². The average Bonchev–Trinajstić information content (AvgIpc) is 2.90. The summed E-state index contributed by atoms with van der Waals surface area (Å²) >= 11 is 17.8. The van der Waals surface area contributed by atoms with Crippen LogP contribution >= 0.6 is 34.8 Å². The maximum absolute atomic E-state index is 12.2. The summed E-state index contributed by atoms with van der Waals surface area (Å²) in [5.41, 5.74) is 1.32. The van der Waals surface area contributed by atoms with E-state index in [1.54, 1.807) is 36.4 Å². The fourth-order valence-corrected chi connectivity index (χ4v) is 2.70. The number of carbonyl (C=O) groups is 1. The number of furan rings is 1. The molecule has 0 amide bonds. The second kappa shape index (κ2) is 6.17. The van der Waals surface area contributed by atoms with Crippen LogP contribution in [0.2, 0.25) is 15.1 Å². The van der Waals surface area contributed by atoms with Gasteiger partial charge >= 0.3 is 0 Å². The summed E-state index contributed by atoms with van der Waals surface area (Å²) in [6.07, 6.45) is 3.14. The summed E-state index contributed by atoms with van der Waals surface area (Å²) in [4.78, 5) is 12.2. The molecule has 110 valence electrons. The highest BCUT2D eigenvalue weighted by Crippen LogP contribution is 2.30. The van der Waals surface area contributed by atoms with Crippen molar-refractivity contribution in [1.29, 1.82) is 0 Å². The number of halogens is 3. The van der Waals surface area contributed by atoms with Gasteiger partial charge in [0.1, 0.15) is 0 Å². The van der Waals surface area contributed by atoms with Crippen molar-refractivity contribution in [3.63, 3.8) is 0 Å². The lowest BCUT2D eigenvalue weighted by Gasteiger charge is -1.94. The van der Waals surface area contributed by atoms with E-state index in [4.69, 9.17) is 39.2 Å². The standard InChI is InChI=1S/C17H9Cl3O2/c18-12-4-1-10(2-5-12)3-6-15(21)16-8-11-7-13(19)9-14(20)17(11)22-16/h1-9H. The zero-order chi connectivity index (χ0) is 15.7. The van der Waals surface area contributed by atoms with Gasteiger partial charge in [0.05, 0.1) is 5.02 Å². The number of rotatable bonds is 3. The topological polar surface area (TPSA) is 30.2 Å². The van der Waals surface area contributed by atoms with Crippen molar-refractivity contribution in [1.82, 2.24) is 0 Å². The Morgan fingerprint density at radius 2 is 1.68 bits per heavy atom. The zero-order valence-corrected chi connectivity index (χ0v) is 13.4. The van der Waals surface area contributed by atoms with E-state index in [0.717, 1.165) is 5.56 Å². The Labute approximate surface area is 141 Å². The Bertz CT molecular complexity index is 877. The van der Waals surface area contributed by atoms with Crippen molar-refractivity contribution >= 4 is 57.6 Å². The van der Waals surface area contributed by atoms with Crippen LogP contribution in [0.15, 0.2) is 53.0 Å². The van der Waals surface area contributed by atoms with Gasteiger partial charge in [-0.15, -0.1) is 0 Å². The van der Waals surface area contributed by atoms with Gasteiger partial charge in [0.15, 0.2) is 11.3 Å². The van der Waals surface area contributed by atoms with Crippen LogP contribution in [0.4, 0.5) is 0 Å². The molecule has 0 saturated carbocycles. The van der Waals surface area contributed by atoms with Crippen molar-refractivity contribution in [2.45, 2.75) is 0 Å². The summed E-state index contributed by atoms with van der Waals surface area (Å²) in [6.45, 7) is 0. The smallest absolute Gasteiger partial charge is 0.221 e. The van der Waals surface area contributed by atoms with Gasteiger partial charge in [0.25, 0.3) is 0 Å². The van der Waals surface area contributed by atoms with E-state index in [1.807, 2.05) is 12.1 Å². The minimum Gasteiger partial charge on any atom is -0.451 e. The molecule has 0 fully saturated rings. The summed E-state index contributed by atoms with van der Waals surface area (Å²) in [5, 5.41) is 2.21. The Morgan fingerprint density at radius 3 is 2.41 bits per heavy atom. The van der Waals surface area contributed by atoms with Crippen LogP contribution in [0.1, 0.15) is 16.1 Å². The Hall–Kier alpha value is -1.74. The first-order valence-corrected chi connectivity index (χ1v) is 7.53. The van der Waals surface area contributed by atoms with Crippen LogP contribution in [0.5, 0.6) is 0 Å². The lowest BCUT2D eigenvalue weighted by atomic mass is 10.2. The van der Waals surface area contributed by atoms with Crippen molar-refractivity contribution in [3.05, 3.63) is 74.9 Å². The second-order valence-electron chi connectivity index (χ2n) is 4.67. The molecule has 0 radical (unpaired) electrons. The maximum atomic E-state index is 12.2. The van der Waals surface area contributed by atoms with Crippen molar-refractivity contribution in [2.75, 3.05) is 0 Å². The molecule has 0 unspecified atom stereocenters. The van der Waals surface area contributed by atoms with Crippen LogP contribution in [0.3, 0.4) is 0 Å². The second-order valence-corrected chi connectivity index (χ2v) is 5.95. The largest absolute Gasteiger partial charge is 0.451 e. The molecule has 0 N–H and O–H groups in total. The summed E-state index contributed by atoms with van der Waals surface area (Å²) in [7, 11) is 0. The van der Waals surface area contributed by atoms with Crippen molar-refractivity contribution < 1.29 is 9.21 Å². The lowest BCUT2D eigenvalue weighted by molar-refractivity contribution is 0.102. The zero-order valence-electron chi connectivity index (χ0n) is 11.1. The number of hydrogen-bond acceptors (Lipinski definition) is 2. The number of fused-ring (bicyclic) bond motifs is 1. The molecule has 22 heavy (non-hydrogen) atoms. The molecule has 5 heteroatoms. The predicted molar refractivity (Wildman–Crippen MR) is 91.1 cm³/mol. The monoisotopic (exact) mass is 350 g/mol. The van der Waals surface area contributed by atoms with E-state index in [0.29, 0.717) is 26.0 Å². The van der Waals surface area contributed by atoms with Crippen LogP contribution in [-0.4, -0.2) is 5.78 Å². The first-order valence-electron chi connectivity index (χ1n) is 6.39. The van der Waals surface area contributed by atoms with E-state index >= 15 is 0 Å². The highest BCUT2D eigenvalue weighted by molar-refractivity contribution is 6.38. The highest BCUT2D eigenvalue weighted by atomic mass is 35.5. The molecule has 2 aromatic carbocycles. The van der Waals surface area contributed by atoms with Crippen LogP contribution in [0, 0.1) is 0 Å². The van der Waals surface area contributed by atoms with Crippen LogP contribution in [-0.2, 0) is 0 Å². The normalized spacial score (nSPS) is 11.4. The first kappa shape index (κ1) is 15.2. The number of benzene rings is 2. The van der Waals surface area contributed by atoms with E-state index in [2.05, 4.69) is 0 Å². The molecule has 0 saturated heterocycles. The quantitative estimate of drug-likeness (QED) is 0.410. The minimum absolute atomic E-state index is 0.212. The Kier molecular flexibility index (Phi) is 4.25. The predicted octanol–water partition coefficient (Wildman–Crippen LogP) is 6.29. The molecule has 3 rings (SSSR count). The maximum Gasteiger partial charge on any atom is 0.221 e. The molecule has 0 bridgehead atoms. The van der Waals surface area contributed by atoms with E-state index < -0.39 is 0 Å². The average molecular weight is 352 g/mol. The van der Waals surface area contributed by atoms with Gasteiger partial charge in [-0.1, -0.05) is 53.0 Å². The molecule has 0 aliphatic rings. The van der Waals surface area contributed by atoms with Crippen molar-refractivity contribution in [3.8, 4) is 0 Å². The molecule has 3 aromatic rings. The molecule has 1 aromatic heterocycles. The van der Waals surface area contributed by atoms with Gasteiger partial charge in [0.2, 0.25) is 5.78 Å². The van der Waals surface area contributed by atoms with E-state index in [9.17, 15) is 4.79 Å². The summed E-state index contributed by atoms with van der Waals surface area (Å²) < 4.78 is 5.51. The van der Waals surface area contributed by atoms with Gasteiger partial charge < -0.3 is 4.42 Å². The molecular formula is C17H9Cl3O2. The fraction of sp³-hybridized carbons (Fsp3) is 0. The molecule has 1 heterocycles. The Morgan fingerprint density at radius 1 is 0.955 bits per heavy atom. The number of hydrogen-bond donors (Lipinski definition) is 0. The van der Waals surface area contributed by atoms with E-state index in [-0.39, 0.29) is 11.5 Å². The van der Waals surface area contributed by atoms with Gasteiger partial charge in [-0.25, -0.2) is 0 Å². The van der Waals surface area contributed by atoms with Gasteiger partial charge in [-0.3, -0.25) is 4.79 Å². The number of allylic oxidation sites excluding steroid dienone is 1. The summed E-state index contributed by atoms with van der Waals surface area (Å²) in [5.74, 6) is -0.0391. The SMILES string of the molecule is O=C(C=Cc1ccc(Cl)cc1)c1cc2cc(Cl)cc(Cl)c2o1. The summed E-state index contributed by atoms with van der Waals surface area (Å²) in [6, 6.07) is 12.1. The third-order valence-corrected chi connectivity index (χ3v) is 3.83. The molecule has 0 aliphatic carbocycles. The third-order valence-electron chi connectivity index (χ3n) is 3.08. The number of carbonyl (C=O) groups excluding carboxylic acids is 1. The minimum atomic E-state index is -0.252. The molecular weight excluding hydrogens is 343 g/mol. The Balaban J connectivity index is 1.89. The third kappa shape index (κ3) is 3.20. The van der Waals surface area contributed by atoms with Gasteiger partial charge in [-0.05, 0) is 42.0 Å². The molecule has 0 aliphatic heterocycles. The molecule has 0 atom stereocenters. The van der Waals surface area contributed by atoms with Crippen LogP contribution in [0.25, 0.3) is 17.0 Å². The van der Waals surface area contributed by atoms with Gasteiger partial charge in [-0.2, -0.15) is 0 Å². The van der Waals surface area contributed by atoms with Crippen molar-refractivity contribution in [2.24, 2.45) is 0 Å². The highest BCUT2D eigenvalue weighted by Gasteiger charge is 2.12. The molecule has 2 nitrogen and oxygen atoms in total. The molecule has 0 spiro atoms. The number of ketones is 1. The fourth-order valence-electron chi connectivity index (χ4n) is 2.03. The van der Waals surface area contributed by atoms with Gasteiger partial charge in [0, 0.05) is 15.4 Å². The first-order chi connectivity index (χ1) is 10.5.